The Morgan fingerprint density at radius 1 is 1.19 bits per heavy atom. The van der Waals surface area contributed by atoms with Crippen molar-refractivity contribution in [2.75, 3.05) is 26.0 Å². The smallest absolute Gasteiger partial charge is 0.232 e. The van der Waals surface area contributed by atoms with Gasteiger partial charge in [-0.25, -0.2) is 8.78 Å². The minimum absolute atomic E-state index is 0.117. The maximum Gasteiger partial charge on any atom is 0.232 e. The Balaban J connectivity index is 1.84. The number of oxazole rings is 1. The van der Waals surface area contributed by atoms with Gasteiger partial charge in [-0.15, -0.1) is 0 Å². The number of nitriles is 1. The van der Waals surface area contributed by atoms with Crippen molar-refractivity contribution in [3.63, 3.8) is 0 Å². The van der Waals surface area contributed by atoms with Crippen molar-refractivity contribution in [1.82, 2.24) is 9.88 Å². The molecular weight excluding hydrogens is 350 g/mol. The van der Waals surface area contributed by atoms with Gasteiger partial charge in [-0.2, -0.15) is 10.2 Å². The predicted molar refractivity (Wildman–Crippen MR) is 97.9 cm³/mol. The summed E-state index contributed by atoms with van der Waals surface area (Å²) in [6, 6.07) is 14.3. The molecule has 2 aromatic carbocycles. The van der Waals surface area contributed by atoms with E-state index in [2.05, 4.69) is 10.3 Å². The molecule has 1 heterocycles. The molecule has 0 bridgehead atoms. The van der Waals surface area contributed by atoms with Gasteiger partial charge in [0.15, 0.2) is 0 Å². The van der Waals surface area contributed by atoms with Crippen LogP contribution in [-0.4, -0.2) is 30.5 Å². The Labute approximate surface area is 155 Å². The van der Waals surface area contributed by atoms with E-state index in [0.717, 1.165) is 11.6 Å². The summed E-state index contributed by atoms with van der Waals surface area (Å²) in [5.74, 6) is -0.718. The normalized spacial score (nSPS) is 12.0. The standard InChI is InChI=1S/C20H18F2N4O/c1-26(2)18(15-9-8-14(21)10-16(15)22)12-24-20-17(11-23)25-19(27-20)13-6-4-3-5-7-13/h3-10,18,24H,12H2,1-2H3. The van der Waals surface area contributed by atoms with E-state index in [1.54, 1.807) is 19.0 Å². The topological polar surface area (TPSA) is 65.1 Å². The fraction of sp³-hybridized carbons (Fsp3) is 0.200. The van der Waals surface area contributed by atoms with Crippen LogP contribution in [0.1, 0.15) is 17.3 Å². The second-order valence-electron chi connectivity index (χ2n) is 6.20. The Morgan fingerprint density at radius 2 is 1.93 bits per heavy atom. The van der Waals surface area contributed by atoms with Crippen LogP contribution in [0.5, 0.6) is 0 Å². The summed E-state index contributed by atoms with van der Waals surface area (Å²) in [6.07, 6.45) is 0. The molecular formula is C20H18F2N4O. The molecule has 3 rings (SSSR count). The fourth-order valence-corrected chi connectivity index (χ4v) is 2.75. The largest absolute Gasteiger partial charge is 0.419 e. The minimum atomic E-state index is -0.629. The average Bonchev–Trinajstić information content (AvgIpc) is 3.07. The SMILES string of the molecule is CN(C)C(CNc1oc(-c2ccccc2)nc1C#N)c1ccc(F)cc1F. The zero-order chi connectivity index (χ0) is 19.4. The molecule has 0 saturated carbocycles. The van der Waals surface area contributed by atoms with Gasteiger partial charge in [-0.05, 0) is 32.3 Å². The van der Waals surface area contributed by atoms with Crippen molar-refractivity contribution >= 4 is 5.88 Å². The van der Waals surface area contributed by atoms with Gasteiger partial charge >= 0.3 is 0 Å². The number of hydrogen-bond acceptors (Lipinski definition) is 5. The van der Waals surface area contributed by atoms with E-state index in [0.29, 0.717) is 11.5 Å². The number of anilines is 1. The number of hydrogen-bond donors (Lipinski definition) is 1. The summed E-state index contributed by atoms with van der Waals surface area (Å²) in [5, 5.41) is 12.3. The van der Waals surface area contributed by atoms with Crippen LogP contribution < -0.4 is 5.32 Å². The minimum Gasteiger partial charge on any atom is -0.419 e. The van der Waals surface area contributed by atoms with Crippen molar-refractivity contribution in [1.29, 1.82) is 5.26 Å². The van der Waals surface area contributed by atoms with Crippen LogP contribution in [0.4, 0.5) is 14.7 Å². The Kier molecular flexibility index (Phi) is 5.48. The van der Waals surface area contributed by atoms with Crippen LogP contribution in [0.2, 0.25) is 0 Å². The van der Waals surface area contributed by atoms with Gasteiger partial charge in [0.25, 0.3) is 0 Å². The first-order valence-corrected chi connectivity index (χ1v) is 8.31. The fourth-order valence-electron chi connectivity index (χ4n) is 2.75. The van der Waals surface area contributed by atoms with E-state index in [1.807, 2.05) is 36.4 Å². The van der Waals surface area contributed by atoms with Crippen LogP contribution in [0, 0.1) is 23.0 Å². The average molecular weight is 368 g/mol. The second kappa shape index (κ2) is 7.98. The number of likely N-dealkylation sites (N-methyl/N-ethyl adjacent to an activating group) is 1. The van der Waals surface area contributed by atoms with Crippen molar-refractivity contribution in [3.8, 4) is 17.5 Å². The van der Waals surface area contributed by atoms with Crippen LogP contribution in [-0.2, 0) is 0 Å². The highest BCUT2D eigenvalue weighted by Gasteiger charge is 2.21. The molecule has 1 atom stereocenters. The zero-order valence-corrected chi connectivity index (χ0v) is 14.9. The lowest BCUT2D eigenvalue weighted by Gasteiger charge is -2.25. The molecule has 0 amide bonds. The first-order chi connectivity index (χ1) is 13.0. The number of nitrogens with zero attached hydrogens (tertiary/aromatic N) is 3. The third kappa shape index (κ3) is 4.13. The van der Waals surface area contributed by atoms with E-state index in [4.69, 9.17) is 4.42 Å². The molecule has 0 spiro atoms. The van der Waals surface area contributed by atoms with Crippen molar-refractivity contribution in [3.05, 3.63) is 71.4 Å². The van der Waals surface area contributed by atoms with Crippen LogP contribution >= 0.6 is 0 Å². The molecule has 0 aliphatic rings. The monoisotopic (exact) mass is 368 g/mol. The van der Waals surface area contributed by atoms with E-state index in [9.17, 15) is 14.0 Å². The maximum absolute atomic E-state index is 14.2. The van der Waals surface area contributed by atoms with Crippen LogP contribution in [0.25, 0.3) is 11.5 Å². The van der Waals surface area contributed by atoms with Crippen LogP contribution in [0.3, 0.4) is 0 Å². The summed E-state index contributed by atoms with van der Waals surface area (Å²) in [5.41, 5.74) is 1.21. The maximum atomic E-state index is 14.2. The zero-order valence-electron chi connectivity index (χ0n) is 14.9. The van der Waals surface area contributed by atoms with Crippen LogP contribution in [0.15, 0.2) is 52.9 Å². The molecule has 5 nitrogen and oxygen atoms in total. The molecule has 138 valence electrons. The van der Waals surface area contributed by atoms with Crippen molar-refractivity contribution in [2.45, 2.75) is 6.04 Å². The highest BCUT2D eigenvalue weighted by molar-refractivity contribution is 5.58. The Hall–Kier alpha value is -3.24. The third-order valence-electron chi connectivity index (χ3n) is 4.15. The van der Waals surface area contributed by atoms with E-state index < -0.39 is 17.7 Å². The number of benzene rings is 2. The molecule has 0 fully saturated rings. The summed E-state index contributed by atoms with van der Waals surface area (Å²) >= 11 is 0. The quantitative estimate of drug-likeness (QED) is 0.706. The molecule has 7 heteroatoms. The Bertz CT molecular complexity index is 964. The molecule has 3 aromatic rings. The number of halogens is 2. The lowest BCUT2D eigenvalue weighted by Crippen LogP contribution is -2.27. The molecule has 0 radical (unpaired) electrons. The molecule has 0 aliphatic heterocycles. The lowest BCUT2D eigenvalue weighted by molar-refractivity contribution is 0.302. The first kappa shape index (κ1) is 18.5. The van der Waals surface area contributed by atoms with Gasteiger partial charge < -0.3 is 14.6 Å². The van der Waals surface area contributed by atoms with Crippen molar-refractivity contribution < 1.29 is 13.2 Å². The van der Waals surface area contributed by atoms with Gasteiger partial charge in [0.05, 0.1) is 6.04 Å². The molecule has 1 aromatic heterocycles. The summed E-state index contributed by atoms with van der Waals surface area (Å²) < 4.78 is 33.1. The van der Waals surface area contributed by atoms with Gasteiger partial charge in [0, 0.05) is 23.7 Å². The van der Waals surface area contributed by atoms with Gasteiger partial charge in [-0.1, -0.05) is 24.3 Å². The number of rotatable bonds is 6. The molecule has 0 aliphatic carbocycles. The number of nitrogens with one attached hydrogen (secondary N) is 1. The lowest BCUT2D eigenvalue weighted by atomic mass is 10.1. The highest BCUT2D eigenvalue weighted by Crippen LogP contribution is 2.27. The highest BCUT2D eigenvalue weighted by atomic mass is 19.1. The Morgan fingerprint density at radius 3 is 2.56 bits per heavy atom. The third-order valence-corrected chi connectivity index (χ3v) is 4.15. The first-order valence-electron chi connectivity index (χ1n) is 8.31. The second-order valence-corrected chi connectivity index (χ2v) is 6.20. The molecule has 1 unspecified atom stereocenters. The number of aromatic nitrogens is 1. The summed E-state index contributed by atoms with van der Waals surface area (Å²) in [4.78, 5) is 5.99. The molecule has 1 N–H and O–H groups in total. The molecule has 27 heavy (non-hydrogen) atoms. The predicted octanol–water partition coefficient (Wildman–Crippen LogP) is 4.21. The summed E-state index contributed by atoms with van der Waals surface area (Å²) in [7, 11) is 3.58. The van der Waals surface area contributed by atoms with Gasteiger partial charge in [0.1, 0.15) is 17.7 Å². The van der Waals surface area contributed by atoms with E-state index in [1.165, 1.54) is 12.1 Å². The van der Waals surface area contributed by atoms with Crippen molar-refractivity contribution in [2.24, 2.45) is 0 Å². The van der Waals surface area contributed by atoms with E-state index in [-0.39, 0.29) is 18.1 Å². The summed E-state index contributed by atoms with van der Waals surface area (Å²) in [6.45, 7) is 0.244. The van der Waals surface area contributed by atoms with Gasteiger partial charge in [-0.3, -0.25) is 0 Å². The molecule has 0 saturated heterocycles. The van der Waals surface area contributed by atoms with E-state index >= 15 is 0 Å². The van der Waals surface area contributed by atoms with Gasteiger partial charge in [0.2, 0.25) is 17.5 Å².